The molecule has 11 aliphatic rings. The number of benzene rings is 2. The summed E-state index contributed by atoms with van der Waals surface area (Å²) in [6, 6.07) is 18.6. The van der Waals surface area contributed by atoms with Gasteiger partial charge in [-0.05, 0) is 160 Å². The van der Waals surface area contributed by atoms with Gasteiger partial charge in [0.15, 0.2) is 0 Å². The van der Waals surface area contributed by atoms with E-state index in [1.54, 1.807) is 94.8 Å². The van der Waals surface area contributed by atoms with Crippen molar-refractivity contribution in [2.75, 3.05) is 182 Å². The molecule has 23 rings (SSSR count). The van der Waals surface area contributed by atoms with Gasteiger partial charge in [0.2, 0.25) is 65.7 Å². The lowest BCUT2D eigenvalue weighted by Crippen LogP contribution is -2.50. The van der Waals surface area contributed by atoms with Gasteiger partial charge in [-0.3, -0.25) is 24.6 Å². The van der Waals surface area contributed by atoms with Crippen molar-refractivity contribution in [1.29, 1.82) is 0 Å². The summed E-state index contributed by atoms with van der Waals surface area (Å²) in [5, 5.41) is 8.73. The first-order chi connectivity index (χ1) is 66.8. The highest BCUT2D eigenvalue weighted by atomic mass is 32.2. The van der Waals surface area contributed by atoms with Crippen LogP contribution in [0.1, 0.15) is 136 Å². The Bertz CT molecular complexity index is 6760. The van der Waals surface area contributed by atoms with Crippen LogP contribution in [0.5, 0.6) is 5.88 Å². The molecule has 42 heteroatoms. The Hall–Kier alpha value is -9.93. The number of fused-ring (bicyclic) bond motifs is 9. The molecule has 0 radical (unpaired) electrons. The Morgan fingerprint density at radius 2 is 0.783 bits per heavy atom. The number of primary amides is 1. The molecule has 10 saturated heterocycles. The molecular formula is C96H119FN26O8S7. The number of methoxy groups -OCH3 is 1. The van der Waals surface area contributed by atoms with Gasteiger partial charge in [0.25, 0.3) is 0 Å². The lowest BCUT2D eigenvalue weighted by molar-refractivity contribution is 0.141. The molecule has 2 amide bonds. The number of piperazine rings is 4. The van der Waals surface area contributed by atoms with Crippen LogP contribution < -0.4 is 35.8 Å². The number of carbonyl (C=O) groups is 1. The predicted molar refractivity (Wildman–Crippen MR) is 547 cm³/mol. The van der Waals surface area contributed by atoms with Gasteiger partial charge in [0, 0.05) is 262 Å². The van der Waals surface area contributed by atoms with Gasteiger partial charge in [-0.25, -0.2) is 89.3 Å². The molecule has 0 aliphatic carbocycles. The van der Waals surface area contributed by atoms with Crippen LogP contribution >= 0.6 is 45.3 Å². The summed E-state index contributed by atoms with van der Waals surface area (Å²) in [6.45, 7) is 18.0. The van der Waals surface area contributed by atoms with Gasteiger partial charge < -0.3 is 40.7 Å². The molecule has 10 aromatic heterocycles. The summed E-state index contributed by atoms with van der Waals surface area (Å²) < 4.78 is 99.1. The van der Waals surface area contributed by atoms with E-state index < -0.39 is 30.1 Å². The number of aliphatic imine (C=N–C) groups is 1. The maximum Gasteiger partial charge on any atom is 0.314 e. The molecule has 4 N–H and O–H groups in total. The van der Waals surface area contributed by atoms with Crippen molar-refractivity contribution in [1.82, 2.24) is 92.2 Å². The normalized spacial score (nSPS) is 21.2. The van der Waals surface area contributed by atoms with Gasteiger partial charge in [-0.1, -0.05) is 18.2 Å². The van der Waals surface area contributed by atoms with Gasteiger partial charge in [0.1, 0.15) is 5.82 Å². The summed E-state index contributed by atoms with van der Waals surface area (Å²) in [4.78, 5) is 90.2. The molecule has 4 atom stereocenters. The number of amides is 2. The summed E-state index contributed by atoms with van der Waals surface area (Å²) in [6.07, 6.45) is 30.5. The Balaban J connectivity index is 0.000000113. The van der Waals surface area contributed by atoms with Crippen molar-refractivity contribution in [2.24, 2.45) is 10.7 Å². The zero-order valence-corrected chi connectivity index (χ0v) is 84.2. The summed E-state index contributed by atoms with van der Waals surface area (Å²) in [5.41, 5.74) is 29.8. The molecule has 138 heavy (non-hydrogen) atoms. The van der Waals surface area contributed by atoms with E-state index in [2.05, 4.69) is 98.9 Å². The number of nitrogen functional groups attached to an aromatic ring is 1. The third-order valence-corrected chi connectivity index (χ3v) is 36.9. The fourth-order valence-electron chi connectivity index (χ4n) is 21.4. The Kier molecular flexibility index (Phi) is 28.6. The van der Waals surface area contributed by atoms with E-state index in [1.165, 1.54) is 149 Å². The SMILES string of the molecule is COc1ccc(-c2nc(N3C4CCCC3CC4)nc3c(CN4CCN(S(C)(=O)=O)CC4)csc23)cn1.CS(=O)(=O)N1CCN(Cc2csc3c(-c4ccc(F)cc4)nc(N4CCCCC4)nc23)CC1.CS(=O)(=O)N1CCN(Cc2csc3c(-c4cccc5c4C=NC5)nc(N4CCCCC4)nc23)CC1.NC(=O)N1CCN(Cc2csc3c(-c4cnc(N)nc4)nc(N4C5CCCC4CC5)nc23)CC1. The number of pyridine rings is 1. The van der Waals surface area contributed by atoms with Crippen LogP contribution in [0.4, 0.5) is 38.9 Å². The first kappa shape index (κ1) is 95.6. The van der Waals surface area contributed by atoms with Crippen molar-refractivity contribution in [3.63, 3.8) is 0 Å². The van der Waals surface area contributed by atoms with Gasteiger partial charge in [-0.15, -0.1) is 45.3 Å². The Labute approximate surface area is 821 Å². The number of hydrogen-bond acceptors (Lipinski definition) is 33. The van der Waals surface area contributed by atoms with Gasteiger partial charge >= 0.3 is 6.03 Å². The van der Waals surface area contributed by atoms with Crippen LogP contribution in [-0.4, -0.2) is 311 Å². The number of aromatic nitrogens is 11. The van der Waals surface area contributed by atoms with Crippen LogP contribution in [0.15, 0.2) is 99.7 Å². The molecule has 12 aromatic rings. The van der Waals surface area contributed by atoms with Crippen LogP contribution in [0.25, 0.3) is 85.9 Å². The number of carbonyl (C=O) groups excluding carboxylic acids is 1. The number of rotatable bonds is 20. The standard InChI is InChI=1S/C25H32N6O3S2.C25H30N6O2S2.C23H28FN5O2S2.C23H29N9OS/c1-34-21-9-6-17(14-26-21)22-24-23(28-25(27-22)31-19-4-3-5-20(31)8-7-19)18(16-35-24)15-29-10-12-30(13-11-29)36(2,32)33;1-35(32,33)31-12-10-29(11-13-31)16-19-17-34-24-22(19)27-25(30-8-3-2-4-9-30)28-23(24)20-7-5-6-18-14-26-15-21(18)20;1-33(30,31)29-13-11-27(12-14-29)15-18-16-32-22-20(17-5-7-19(24)8-6-17)25-23(26-21(18)22)28-9-3-2-4-10-28;24-21-26-10-14(11-27-21)18-20-19(29-23(28-18)32-16-2-1-3-17(32)5-4-16)15(13-34-20)12-30-6-8-31(9-7-30)22(25)33/h6,9,14,16,19-20H,3-5,7-8,10-13,15H2,1-2H3;5-7,15,17H,2-4,8-14,16H2,1H3;5-8,16H,2-4,9-15H2,1H3;10-11,13,16-17H,1-9,12H2,(H2,25,33)(H2,24,26,27). The fourth-order valence-corrected chi connectivity index (χ4v) is 27.9. The number of sulfonamides is 3. The largest absolute Gasteiger partial charge is 0.481 e. The Morgan fingerprint density at radius 3 is 1.18 bits per heavy atom. The number of piperidine rings is 4. The van der Waals surface area contributed by atoms with Crippen LogP contribution in [-0.2, 0) is 62.8 Å². The second kappa shape index (κ2) is 41.3. The second-order valence-corrected chi connectivity index (χ2v) is 47.4. The predicted octanol–water partition coefficient (Wildman–Crippen LogP) is 12.7. The number of hydrogen-bond donors (Lipinski definition) is 2. The molecule has 730 valence electrons. The van der Waals surface area contributed by atoms with Crippen LogP contribution in [0, 0.1) is 5.82 Å². The van der Waals surface area contributed by atoms with E-state index in [9.17, 15) is 34.4 Å². The van der Waals surface area contributed by atoms with E-state index in [0.717, 1.165) is 213 Å². The number of urea groups is 1. The van der Waals surface area contributed by atoms with Crippen LogP contribution in [0.3, 0.4) is 0 Å². The molecular weight excluding hydrogens is 1890 g/mol. The number of thiophene rings is 4. The molecule has 4 unspecified atom stereocenters. The molecule has 4 bridgehead atoms. The quantitative estimate of drug-likeness (QED) is 0.0715. The zero-order chi connectivity index (χ0) is 95.1. The van der Waals surface area contributed by atoms with E-state index in [0.29, 0.717) is 109 Å². The first-order valence-electron chi connectivity index (χ1n) is 48.3. The molecule has 0 spiro atoms. The summed E-state index contributed by atoms with van der Waals surface area (Å²) in [7, 11) is -7.80. The van der Waals surface area contributed by atoms with Gasteiger partial charge in [0.05, 0.1) is 96.1 Å². The first-order valence-corrected chi connectivity index (χ1v) is 57.3. The molecule has 34 nitrogen and oxygen atoms in total. The van der Waals surface area contributed by atoms with Crippen molar-refractivity contribution in [3.8, 4) is 50.9 Å². The minimum Gasteiger partial charge on any atom is -0.481 e. The Morgan fingerprint density at radius 1 is 0.413 bits per heavy atom. The molecule has 21 heterocycles. The lowest BCUT2D eigenvalue weighted by Gasteiger charge is -2.35. The molecule has 11 aliphatic heterocycles. The average Bonchev–Trinajstić information content (AvgIpc) is 1.60. The monoisotopic (exact) mass is 2010 g/mol. The zero-order valence-electron chi connectivity index (χ0n) is 78.5. The molecule has 0 saturated carbocycles. The van der Waals surface area contributed by atoms with E-state index >= 15 is 0 Å². The molecule has 2 aromatic carbocycles. The van der Waals surface area contributed by atoms with Crippen molar-refractivity contribution >= 4 is 158 Å². The minimum absolute atomic E-state index is 0.255. The number of anilines is 5. The van der Waals surface area contributed by atoms with E-state index in [-0.39, 0.29) is 17.8 Å². The lowest BCUT2D eigenvalue weighted by atomic mass is 10.0. The second-order valence-electron chi connectivity index (χ2n) is 38.0. The summed E-state index contributed by atoms with van der Waals surface area (Å²) >= 11 is 6.67. The van der Waals surface area contributed by atoms with Crippen molar-refractivity contribution in [3.05, 3.63) is 134 Å². The highest BCUT2D eigenvalue weighted by Crippen LogP contribution is 2.46. The van der Waals surface area contributed by atoms with E-state index in [1.807, 2.05) is 24.5 Å². The van der Waals surface area contributed by atoms with E-state index in [4.69, 9.17) is 56.1 Å². The maximum atomic E-state index is 13.6. The number of nitrogens with zero attached hydrogens (tertiary/aromatic N) is 24. The number of ether oxygens (including phenoxy) is 1. The average molecular weight is 2010 g/mol. The fraction of sp³-hybridized carbons (Fsp3) is 0.510. The van der Waals surface area contributed by atoms with Crippen LogP contribution in [0.2, 0.25) is 0 Å². The van der Waals surface area contributed by atoms with Crippen molar-refractivity contribution in [2.45, 2.75) is 160 Å². The maximum absolute atomic E-state index is 13.6. The minimum atomic E-state index is -3.15. The van der Waals surface area contributed by atoms with Gasteiger partial charge in [-0.2, -0.15) is 12.9 Å². The number of halogens is 1. The highest BCUT2D eigenvalue weighted by molar-refractivity contribution is 7.88. The smallest absolute Gasteiger partial charge is 0.314 e. The third-order valence-electron chi connectivity index (χ3n) is 28.9. The highest BCUT2D eigenvalue weighted by Gasteiger charge is 2.42. The number of nitrogens with two attached hydrogens (primary N) is 2. The van der Waals surface area contributed by atoms with Crippen molar-refractivity contribution < 1.29 is 39.2 Å². The topological polar surface area (TPSA) is 374 Å². The third kappa shape index (κ3) is 21.1. The summed E-state index contributed by atoms with van der Waals surface area (Å²) in [5.74, 6) is 3.79. The molecule has 10 fully saturated rings.